The van der Waals surface area contributed by atoms with E-state index in [4.69, 9.17) is 9.47 Å². The van der Waals surface area contributed by atoms with Crippen LogP contribution in [0.4, 0.5) is 4.79 Å². The summed E-state index contributed by atoms with van der Waals surface area (Å²) in [4.78, 5) is 24.5. The van der Waals surface area contributed by atoms with E-state index >= 15 is 0 Å². The van der Waals surface area contributed by atoms with Gasteiger partial charge < -0.3 is 14.4 Å². The third kappa shape index (κ3) is 3.16. The molecule has 2 rings (SSSR count). The second kappa shape index (κ2) is 6.13. The molecule has 0 bridgehead atoms. The van der Waals surface area contributed by atoms with Crippen molar-refractivity contribution in [1.29, 1.82) is 0 Å². The van der Waals surface area contributed by atoms with E-state index in [9.17, 15) is 9.59 Å². The maximum Gasteiger partial charge on any atom is 0.414 e. The van der Waals surface area contributed by atoms with Crippen molar-refractivity contribution in [3.05, 3.63) is 40.4 Å². The van der Waals surface area contributed by atoms with Crippen molar-refractivity contribution in [3.63, 3.8) is 0 Å². The molecule has 5 nitrogen and oxygen atoms in total. The molecule has 0 radical (unpaired) electrons. The van der Waals surface area contributed by atoms with Gasteiger partial charge in [0.25, 0.3) is 0 Å². The second-order valence-corrected chi connectivity index (χ2v) is 5.36. The number of amides is 1. The monoisotopic (exact) mass is 351 g/mol. The van der Waals surface area contributed by atoms with Gasteiger partial charge in [0, 0.05) is 14.1 Å². The van der Waals surface area contributed by atoms with Crippen LogP contribution in [0.3, 0.4) is 0 Å². The SMILES string of the molecule is COC(=O)c1ccc2c(Br)c(OC(=O)N(C)C)ccc2c1. The van der Waals surface area contributed by atoms with Gasteiger partial charge in [-0.2, -0.15) is 0 Å². The van der Waals surface area contributed by atoms with Gasteiger partial charge in [0.05, 0.1) is 17.1 Å². The van der Waals surface area contributed by atoms with Crippen molar-refractivity contribution in [1.82, 2.24) is 4.90 Å². The summed E-state index contributed by atoms with van der Waals surface area (Å²) in [6, 6.07) is 8.62. The molecule has 110 valence electrons. The zero-order valence-electron chi connectivity index (χ0n) is 11.8. The number of methoxy groups -OCH3 is 1. The first-order valence-corrected chi connectivity index (χ1v) is 6.93. The Balaban J connectivity index is 2.43. The zero-order valence-corrected chi connectivity index (χ0v) is 13.4. The lowest BCUT2D eigenvalue weighted by Crippen LogP contribution is -2.25. The number of ether oxygens (including phenoxy) is 2. The molecule has 0 fully saturated rings. The molecule has 0 N–H and O–H groups in total. The number of fused-ring (bicyclic) bond motifs is 1. The molecule has 0 unspecified atom stereocenters. The van der Waals surface area contributed by atoms with Crippen LogP contribution in [0.1, 0.15) is 10.4 Å². The Hall–Kier alpha value is -2.08. The number of rotatable bonds is 2. The van der Waals surface area contributed by atoms with E-state index in [0.29, 0.717) is 15.8 Å². The number of hydrogen-bond donors (Lipinski definition) is 0. The van der Waals surface area contributed by atoms with Crippen LogP contribution >= 0.6 is 15.9 Å². The summed E-state index contributed by atoms with van der Waals surface area (Å²) < 4.78 is 10.6. The first-order chi connectivity index (χ1) is 9.93. The Morgan fingerprint density at radius 1 is 1.14 bits per heavy atom. The lowest BCUT2D eigenvalue weighted by molar-refractivity contribution is 0.0601. The minimum Gasteiger partial charge on any atom is -0.465 e. The molecule has 2 aromatic rings. The number of halogens is 1. The topological polar surface area (TPSA) is 55.8 Å². The standard InChI is InChI=1S/C15H14BrNO4/c1-17(2)15(19)21-12-7-5-9-8-10(14(18)20-3)4-6-11(9)13(12)16/h4-8H,1-3H3. The van der Waals surface area contributed by atoms with Crippen LogP contribution in [-0.4, -0.2) is 38.2 Å². The molecule has 0 aromatic heterocycles. The summed E-state index contributed by atoms with van der Waals surface area (Å²) >= 11 is 3.43. The Labute approximate surface area is 130 Å². The molecule has 0 aliphatic carbocycles. The number of carbonyl (C=O) groups is 2. The van der Waals surface area contributed by atoms with Gasteiger partial charge in [0.1, 0.15) is 5.75 Å². The molecule has 0 aliphatic heterocycles. The average molecular weight is 352 g/mol. The van der Waals surface area contributed by atoms with Crippen LogP contribution in [-0.2, 0) is 4.74 Å². The third-order valence-electron chi connectivity index (χ3n) is 2.90. The average Bonchev–Trinajstić information content (AvgIpc) is 2.48. The van der Waals surface area contributed by atoms with Gasteiger partial charge in [0.15, 0.2) is 0 Å². The first-order valence-electron chi connectivity index (χ1n) is 6.13. The highest BCUT2D eigenvalue weighted by Gasteiger charge is 2.13. The fourth-order valence-corrected chi connectivity index (χ4v) is 2.36. The van der Waals surface area contributed by atoms with Gasteiger partial charge in [-0.15, -0.1) is 0 Å². The molecule has 6 heteroatoms. The summed E-state index contributed by atoms with van der Waals surface area (Å²) in [6.07, 6.45) is -0.457. The normalized spacial score (nSPS) is 10.3. The third-order valence-corrected chi connectivity index (χ3v) is 3.72. The number of benzene rings is 2. The summed E-state index contributed by atoms with van der Waals surface area (Å²) in [5, 5.41) is 1.68. The molecule has 1 amide bonds. The van der Waals surface area contributed by atoms with Gasteiger partial charge in [0.2, 0.25) is 0 Å². The predicted octanol–water partition coefficient (Wildman–Crippen LogP) is 3.45. The summed E-state index contributed by atoms with van der Waals surface area (Å²) in [5.41, 5.74) is 0.468. The highest BCUT2D eigenvalue weighted by Crippen LogP contribution is 2.34. The van der Waals surface area contributed by atoms with Crippen molar-refractivity contribution in [2.24, 2.45) is 0 Å². The fourth-order valence-electron chi connectivity index (χ4n) is 1.78. The number of nitrogens with zero attached hydrogens (tertiary/aromatic N) is 1. The van der Waals surface area contributed by atoms with Gasteiger partial charge in [-0.3, -0.25) is 0 Å². The molecule has 0 heterocycles. The van der Waals surface area contributed by atoms with Crippen LogP contribution < -0.4 is 4.74 Å². The largest absolute Gasteiger partial charge is 0.465 e. The van der Waals surface area contributed by atoms with E-state index in [0.717, 1.165) is 10.8 Å². The minimum absolute atomic E-state index is 0.392. The van der Waals surface area contributed by atoms with Gasteiger partial charge in [-0.25, -0.2) is 9.59 Å². The summed E-state index contributed by atoms with van der Waals surface area (Å²) in [5.74, 6) is 0.0307. The second-order valence-electron chi connectivity index (χ2n) is 4.57. The van der Waals surface area contributed by atoms with Gasteiger partial charge in [-0.1, -0.05) is 12.1 Å². The van der Waals surface area contributed by atoms with Crippen molar-refractivity contribution < 1.29 is 19.1 Å². The Morgan fingerprint density at radius 3 is 2.48 bits per heavy atom. The number of esters is 1. The van der Waals surface area contributed by atoms with Crippen LogP contribution in [0.15, 0.2) is 34.8 Å². The van der Waals surface area contributed by atoms with Crippen LogP contribution in [0.25, 0.3) is 10.8 Å². The van der Waals surface area contributed by atoms with Crippen molar-refractivity contribution in [3.8, 4) is 5.75 Å². The van der Waals surface area contributed by atoms with Gasteiger partial charge in [-0.05, 0) is 44.9 Å². The van der Waals surface area contributed by atoms with Crippen LogP contribution in [0.2, 0.25) is 0 Å². The van der Waals surface area contributed by atoms with Crippen LogP contribution in [0, 0.1) is 0 Å². The molecule has 0 spiro atoms. The molecule has 2 aromatic carbocycles. The highest BCUT2D eigenvalue weighted by molar-refractivity contribution is 9.10. The van der Waals surface area contributed by atoms with Crippen molar-refractivity contribution in [2.45, 2.75) is 0 Å². The molecule has 0 aliphatic rings. The Morgan fingerprint density at radius 2 is 1.86 bits per heavy atom. The lowest BCUT2D eigenvalue weighted by atomic mass is 10.1. The lowest BCUT2D eigenvalue weighted by Gasteiger charge is -2.13. The van der Waals surface area contributed by atoms with E-state index in [1.807, 2.05) is 0 Å². The van der Waals surface area contributed by atoms with Crippen LogP contribution in [0.5, 0.6) is 5.75 Å². The Kier molecular flexibility index (Phi) is 4.47. The molecule has 21 heavy (non-hydrogen) atoms. The number of hydrogen-bond acceptors (Lipinski definition) is 4. The molecule has 0 saturated heterocycles. The molecular formula is C15H14BrNO4. The quantitative estimate of drug-likeness (QED) is 0.777. The minimum atomic E-state index is -0.457. The van der Waals surface area contributed by atoms with E-state index in [1.165, 1.54) is 12.0 Å². The first kappa shape index (κ1) is 15.3. The predicted molar refractivity (Wildman–Crippen MR) is 82.7 cm³/mol. The van der Waals surface area contributed by atoms with E-state index in [2.05, 4.69) is 15.9 Å². The molecular weight excluding hydrogens is 338 g/mol. The van der Waals surface area contributed by atoms with E-state index < -0.39 is 12.1 Å². The summed E-state index contributed by atoms with van der Waals surface area (Å²) in [6.45, 7) is 0. The molecule has 0 saturated carbocycles. The van der Waals surface area contributed by atoms with Gasteiger partial charge >= 0.3 is 12.1 Å². The Bertz CT molecular complexity index is 712. The van der Waals surface area contributed by atoms with E-state index in [-0.39, 0.29) is 0 Å². The molecule has 0 atom stereocenters. The highest BCUT2D eigenvalue weighted by atomic mass is 79.9. The van der Waals surface area contributed by atoms with Crippen molar-refractivity contribution >= 4 is 38.8 Å². The number of carbonyl (C=O) groups excluding carboxylic acids is 2. The summed E-state index contributed by atoms with van der Waals surface area (Å²) in [7, 11) is 4.56. The maximum absolute atomic E-state index is 11.6. The zero-order chi connectivity index (χ0) is 15.6. The van der Waals surface area contributed by atoms with Crippen molar-refractivity contribution in [2.75, 3.05) is 21.2 Å². The fraction of sp³-hybridized carbons (Fsp3) is 0.200. The van der Waals surface area contributed by atoms with E-state index in [1.54, 1.807) is 44.4 Å². The smallest absolute Gasteiger partial charge is 0.414 e. The maximum atomic E-state index is 11.6.